The highest BCUT2D eigenvalue weighted by Gasteiger charge is 2.32. The molecule has 0 saturated carbocycles. The van der Waals surface area contributed by atoms with Gasteiger partial charge in [-0.15, -0.1) is 0 Å². The van der Waals surface area contributed by atoms with Gasteiger partial charge >= 0.3 is 0 Å². The summed E-state index contributed by atoms with van der Waals surface area (Å²) in [6, 6.07) is 0. The number of hydrogen-bond acceptors (Lipinski definition) is 1. The highest BCUT2D eigenvalue weighted by molar-refractivity contribution is 9.09. The van der Waals surface area contributed by atoms with Crippen molar-refractivity contribution in [3.63, 3.8) is 0 Å². The maximum Gasteiger partial charge on any atom is 0.0585 e. The number of halogens is 1. The summed E-state index contributed by atoms with van der Waals surface area (Å²) in [4.78, 5) is 0. The Labute approximate surface area is 96.7 Å². The molecule has 0 aromatic heterocycles. The summed E-state index contributed by atoms with van der Waals surface area (Å²) in [5.74, 6) is 0. The fourth-order valence-electron chi connectivity index (χ4n) is 2.30. The monoisotopic (exact) mass is 262 g/mol. The molecule has 2 atom stereocenters. The summed E-state index contributed by atoms with van der Waals surface area (Å²) >= 11 is 3.66. The van der Waals surface area contributed by atoms with Crippen LogP contribution in [0.15, 0.2) is 0 Å². The quantitative estimate of drug-likeness (QED) is 0.677. The summed E-state index contributed by atoms with van der Waals surface area (Å²) < 4.78 is 5.90. The molecule has 1 heterocycles. The van der Waals surface area contributed by atoms with Crippen molar-refractivity contribution < 1.29 is 4.74 Å². The van der Waals surface area contributed by atoms with Crippen molar-refractivity contribution in [3.8, 4) is 0 Å². The molecule has 2 heteroatoms. The zero-order valence-corrected chi connectivity index (χ0v) is 11.3. The first-order valence-electron chi connectivity index (χ1n) is 5.87. The average Bonchev–Trinajstić information content (AvgIpc) is 2.61. The maximum absolute atomic E-state index is 5.90. The average molecular weight is 263 g/mol. The Morgan fingerprint density at radius 1 is 1.29 bits per heavy atom. The van der Waals surface area contributed by atoms with E-state index in [0.717, 1.165) is 5.33 Å². The summed E-state index contributed by atoms with van der Waals surface area (Å²) in [7, 11) is 0. The molecule has 1 aliphatic heterocycles. The van der Waals surface area contributed by atoms with Crippen LogP contribution in [0.2, 0.25) is 0 Å². The van der Waals surface area contributed by atoms with Crippen LogP contribution < -0.4 is 0 Å². The first-order chi connectivity index (χ1) is 6.65. The van der Waals surface area contributed by atoms with Gasteiger partial charge < -0.3 is 4.74 Å². The molecule has 1 rings (SSSR count). The van der Waals surface area contributed by atoms with Crippen molar-refractivity contribution in [2.75, 3.05) is 5.33 Å². The molecule has 1 fully saturated rings. The van der Waals surface area contributed by atoms with Gasteiger partial charge in [0.1, 0.15) is 0 Å². The molecule has 0 bridgehead atoms. The first-order valence-corrected chi connectivity index (χ1v) is 6.99. The molecule has 0 spiro atoms. The van der Waals surface area contributed by atoms with Gasteiger partial charge in [0.05, 0.1) is 12.2 Å². The van der Waals surface area contributed by atoms with E-state index >= 15 is 0 Å². The molecule has 0 N–H and O–H groups in total. The Morgan fingerprint density at radius 3 is 2.29 bits per heavy atom. The molecule has 1 aliphatic rings. The Kier molecular flexibility index (Phi) is 4.92. The normalized spacial score (nSPS) is 28.3. The van der Waals surface area contributed by atoms with Crippen molar-refractivity contribution in [3.05, 3.63) is 0 Å². The zero-order valence-electron chi connectivity index (χ0n) is 9.68. The lowest BCUT2D eigenvalue weighted by molar-refractivity contribution is 0.0245. The third-order valence-electron chi connectivity index (χ3n) is 3.76. The van der Waals surface area contributed by atoms with Crippen LogP contribution in [0.3, 0.4) is 0 Å². The predicted octanol–water partition coefficient (Wildman–Crippen LogP) is 4.15. The SMILES string of the molecule is CCC(CC)(CBr)CC1CCC(C)O1. The van der Waals surface area contributed by atoms with Crippen molar-refractivity contribution in [2.45, 2.75) is 65.1 Å². The van der Waals surface area contributed by atoms with Crippen LogP contribution in [0.25, 0.3) is 0 Å². The molecule has 0 amide bonds. The largest absolute Gasteiger partial charge is 0.375 e. The smallest absolute Gasteiger partial charge is 0.0585 e. The molecule has 0 aromatic carbocycles. The maximum atomic E-state index is 5.90. The molecular weight excluding hydrogens is 240 g/mol. The molecule has 0 radical (unpaired) electrons. The van der Waals surface area contributed by atoms with E-state index in [1.54, 1.807) is 0 Å². The summed E-state index contributed by atoms with van der Waals surface area (Å²) in [5, 5.41) is 1.11. The minimum absolute atomic E-state index is 0.467. The van der Waals surface area contributed by atoms with Gasteiger partial charge in [-0.05, 0) is 44.4 Å². The first kappa shape index (κ1) is 12.5. The number of rotatable bonds is 5. The minimum atomic E-state index is 0.467. The number of ether oxygens (including phenoxy) is 1. The lowest BCUT2D eigenvalue weighted by atomic mass is 9.79. The Bertz CT molecular complexity index is 157. The molecule has 14 heavy (non-hydrogen) atoms. The van der Waals surface area contributed by atoms with E-state index in [1.165, 1.54) is 32.1 Å². The summed E-state index contributed by atoms with van der Waals surface area (Å²) in [6.07, 6.45) is 7.25. The van der Waals surface area contributed by atoms with Crippen LogP contribution in [-0.2, 0) is 4.74 Å². The molecule has 84 valence electrons. The standard InChI is InChI=1S/C12H23BrO/c1-4-12(5-2,9-13)8-11-7-6-10(3)14-11/h10-11H,4-9H2,1-3H3. The number of hydrogen-bond donors (Lipinski definition) is 0. The van der Waals surface area contributed by atoms with Crippen LogP contribution in [0, 0.1) is 5.41 Å². The molecule has 0 aliphatic carbocycles. The van der Waals surface area contributed by atoms with Gasteiger partial charge in [-0.2, -0.15) is 0 Å². The lowest BCUT2D eigenvalue weighted by Gasteiger charge is -2.32. The Morgan fingerprint density at radius 2 is 1.93 bits per heavy atom. The summed E-state index contributed by atoms with van der Waals surface area (Å²) in [6.45, 7) is 6.78. The third-order valence-corrected chi connectivity index (χ3v) is 4.95. The second-order valence-corrected chi connectivity index (χ2v) is 5.25. The fraction of sp³-hybridized carbons (Fsp3) is 1.00. The Hall–Kier alpha value is 0.440. The van der Waals surface area contributed by atoms with E-state index in [2.05, 4.69) is 36.7 Å². The highest BCUT2D eigenvalue weighted by Crippen LogP contribution is 2.37. The van der Waals surface area contributed by atoms with Gasteiger partial charge in [0.25, 0.3) is 0 Å². The highest BCUT2D eigenvalue weighted by atomic mass is 79.9. The fourth-order valence-corrected chi connectivity index (χ4v) is 3.32. The van der Waals surface area contributed by atoms with Crippen molar-refractivity contribution in [1.82, 2.24) is 0 Å². The third kappa shape index (κ3) is 2.96. The van der Waals surface area contributed by atoms with Crippen LogP contribution >= 0.6 is 15.9 Å². The van der Waals surface area contributed by atoms with Gasteiger partial charge in [-0.3, -0.25) is 0 Å². The van der Waals surface area contributed by atoms with Crippen LogP contribution in [0.5, 0.6) is 0 Å². The Balaban J connectivity index is 2.47. The second-order valence-electron chi connectivity index (χ2n) is 4.69. The van der Waals surface area contributed by atoms with E-state index in [4.69, 9.17) is 4.74 Å². The van der Waals surface area contributed by atoms with E-state index in [0.29, 0.717) is 17.6 Å². The van der Waals surface area contributed by atoms with E-state index < -0.39 is 0 Å². The van der Waals surface area contributed by atoms with Gasteiger partial charge in [0, 0.05) is 5.33 Å². The van der Waals surface area contributed by atoms with Gasteiger partial charge in [0.2, 0.25) is 0 Å². The molecule has 2 unspecified atom stereocenters. The predicted molar refractivity (Wildman–Crippen MR) is 65.0 cm³/mol. The van der Waals surface area contributed by atoms with Crippen molar-refractivity contribution in [2.24, 2.45) is 5.41 Å². The van der Waals surface area contributed by atoms with Gasteiger partial charge in [0.15, 0.2) is 0 Å². The molecule has 0 aromatic rings. The molecule has 1 nitrogen and oxygen atoms in total. The second kappa shape index (κ2) is 5.50. The minimum Gasteiger partial charge on any atom is -0.375 e. The van der Waals surface area contributed by atoms with Crippen molar-refractivity contribution >= 4 is 15.9 Å². The topological polar surface area (TPSA) is 9.23 Å². The number of alkyl halides is 1. The molecular formula is C12H23BrO. The van der Waals surface area contributed by atoms with Crippen molar-refractivity contribution in [1.29, 1.82) is 0 Å². The zero-order chi connectivity index (χ0) is 10.6. The molecule has 1 saturated heterocycles. The van der Waals surface area contributed by atoms with E-state index in [1.807, 2.05) is 0 Å². The van der Waals surface area contributed by atoms with Crippen LogP contribution in [-0.4, -0.2) is 17.5 Å². The van der Waals surface area contributed by atoms with E-state index in [9.17, 15) is 0 Å². The van der Waals surface area contributed by atoms with Gasteiger partial charge in [-0.25, -0.2) is 0 Å². The summed E-state index contributed by atoms with van der Waals surface area (Å²) in [5.41, 5.74) is 0.467. The lowest BCUT2D eigenvalue weighted by Crippen LogP contribution is -2.27. The van der Waals surface area contributed by atoms with E-state index in [-0.39, 0.29) is 0 Å². The van der Waals surface area contributed by atoms with Crippen LogP contribution in [0.4, 0.5) is 0 Å². The van der Waals surface area contributed by atoms with Crippen LogP contribution in [0.1, 0.15) is 52.9 Å². The van der Waals surface area contributed by atoms with Gasteiger partial charge in [-0.1, -0.05) is 29.8 Å².